The fraction of sp³-hybridized carbons (Fsp3) is 0.375. The van der Waals surface area contributed by atoms with Crippen LogP contribution in [0.3, 0.4) is 0 Å². The summed E-state index contributed by atoms with van der Waals surface area (Å²) in [6, 6.07) is 17.0. The Balaban J connectivity index is 1.67. The van der Waals surface area contributed by atoms with Crippen molar-refractivity contribution in [3.8, 4) is 0 Å². The van der Waals surface area contributed by atoms with E-state index in [1.165, 1.54) is 22.1 Å². The van der Waals surface area contributed by atoms with Crippen LogP contribution in [-0.2, 0) is 4.79 Å². The van der Waals surface area contributed by atoms with Crippen molar-refractivity contribution < 1.29 is 4.79 Å². The highest BCUT2D eigenvalue weighted by Gasteiger charge is 2.26. The molecule has 1 amide bonds. The number of likely N-dealkylation sites (tertiary alicyclic amines) is 1. The van der Waals surface area contributed by atoms with Gasteiger partial charge in [-0.1, -0.05) is 55.0 Å². The lowest BCUT2D eigenvalue weighted by molar-refractivity contribution is -0.132. The van der Waals surface area contributed by atoms with Gasteiger partial charge in [0.2, 0.25) is 5.91 Å². The van der Waals surface area contributed by atoms with Gasteiger partial charge >= 0.3 is 0 Å². The minimum Gasteiger partial charge on any atom is -0.361 e. The summed E-state index contributed by atoms with van der Waals surface area (Å²) < 4.78 is 0. The number of hydrogen-bond donors (Lipinski definition) is 1. The molecule has 4 rings (SSSR count). The van der Waals surface area contributed by atoms with Gasteiger partial charge in [-0.2, -0.15) is 0 Å². The molecule has 1 saturated heterocycles. The normalized spacial score (nSPS) is 16.6. The number of para-hydroxylation sites is 1. The van der Waals surface area contributed by atoms with Gasteiger partial charge in [0, 0.05) is 42.5 Å². The quantitative estimate of drug-likeness (QED) is 0.677. The van der Waals surface area contributed by atoms with Crippen LogP contribution >= 0.6 is 0 Å². The number of nitrogens with one attached hydrogen (secondary N) is 1. The lowest BCUT2D eigenvalue weighted by Crippen LogP contribution is -2.38. The molecule has 140 valence electrons. The van der Waals surface area contributed by atoms with E-state index >= 15 is 0 Å². The average Bonchev–Trinajstić information content (AvgIpc) is 3.10. The van der Waals surface area contributed by atoms with Crippen molar-refractivity contribution in [1.82, 2.24) is 9.88 Å². The Labute approximate surface area is 161 Å². The average molecular weight is 361 g/mol. The van der Waals surface area contributed by atoms with Gasteiger partial charge in [-0.15, -0.1) is 0 Å². The van der Waals surface area contributed by atoms with Crippen LogP contribution in [0.15, 0.2) is 54.7 Å². The number of amides is 1. The van der Waals surface area contributed by atoms with Crippen LogP contribution in [0.4, 0.5) is 0 Å². The third-order valence-electron chi connectivity index (χ3n) is 5.96. The van der Waals surface area contributed by atoms with Crippen molar-refractivity contribution in [3.05, 3.63) is 71.4 Å². The molecular formula is C24H28N2O. The molecular weight excluding hydrogens is 332 g/mol. The van der Waals surface area contributed by atoms with E-state index in [4.69, 9.17) is 0 Å². The Morgan fingerprint density at radius 2 is 1.93 bits per heavy atom. The number of rotatable bonds is 4. The number of H-pyrrole nitrogens is 1. The summed E-state index contributed by atoms with van der Waals surface area (Å²) in [6.07, 6.45) is 4.85. The molecule has 0 saturated carbocycles. The van der Waals surface area contributed by atoms with E-state index in [-0.39, 0.29) is 11.8 Å². The van der Waals surface area contributed by atoms with E-state index in [1.807, 2.05) is 6.07 Å². The molecule has 1 aliphatic rings. The summed E-state index contributed by atoms with van der Waals surface area (Å²) in [5.74, 6) is 1.09. The Hall–Kier alpha value is -2.55. The molecule has 1 atom stereocenters. The Bertz CT molecular complexity index is 934. The summed E-state index contributed by atoms with van der Waals surface area (Å²) in [4.78, 5) is 18.6. The maximum Gasteiger partial charge on any atom is 0.223 e. The highest BCUT2D eigenvalue weighted by atomic mass is 16.2. The predicted molar refractivity (Wildman–Crippen MR) is 111 cm³/mol. The van der Waals surface area contributed by atoms with Gasteiger partial charge in [0.1, 0.15) is 0 Å². The second kappa shape index (κ2) is 7.59. The Kier molecular flexibility index (Phi) is 5.02. The largest absolute Gasteiger partial charge is 0.361 e. The van der Waals surface area contributed by atoms with E-state index in [0.717, 1.165) is 37.4 Å². The standard InChI is InChI=1S/C24H28N2O/c1-17-10-12-26(13-11-17)24(27)15-21(19-7-5-6-18(2)14-19)22-16-25-23-9-4-3-8-20(22)23/h3-9,14,16-17,21,25H,10-13,15H2,1-2H3. The molecule has 27 heavy (non-hydrogen) atoms. The number of piperidine rings is 1. The molecule has 3 nitrogen and oxygen atoms in total. The van der Waals surface area contributed by atoms with E-state index in [2.05, 4.69) is 72.4 Å². The van der Waals surface area contributed by atoms with E-state index in [9.17, 15) is 4.79 Å². The first-order valence-corrected chi connectivity index (χ1v) is 10.0. The molecule has 2 heterocycles. The number of nitrogens with zero attached hydrogens (tertiary/aromatic N) is 1. The smallest absolute Gasteiger partial charge is 0.223 e. The molecule has 1 N–H and O–H groups in total. The Morgan fingerprint density at radius 3 is 2.70 bits per heavy atom. The van der Waals surface area contributed by atoms with Gasteiger partial charge in [-0.05, 0) is 42.9 Å². The van der Waals surface area contributed by atoms with Crippen LogP contribution in [0.1, 0.15) is 48.8 Å². The summed E-state index contributed by atoms with van der Waals surface area (Å²) in [5.41, 5.74) is 4.80. The number of benzene rings is 2. The number of aromatic amines is 1. The Morgan fingerprint density at radius 1 is 1.15 bits per heavy atom. The van der Waals surface area contributed by atoms with Crippen molar-refractivity contribution in [1.29, 1.82) is 0 Å². The number of carbonyl (C=O) groups is 1. The van der Waals surface area contributed by atoms with Crippen molar-refractivity contribution in [2.45, 2.75) is 39.0 Å². The van der Waals surface area contributed by atoms with Crippen LogP contribution in [0.5, 0.6) is 0 Å². The van der Waals surface area contributed by atoms with E-state index in [0.29, 0.717) is 6.42 Å². The van der Waals surface area contributed by atoms with Crippen LogP contribution in [0.25, 0.3) is 10.9 Å². The zero-order valence-corrected chi connectivity index (χ0v) is 16.2. The zero-order chi connectivity index (χ0) is 18.8. The van der Waals surface area contributed by atoms with E-state index in [1.54, 1.807) is 0 Å². The first-order chi connectivity index (χ1) is 13.1. The molecule has 0 aliphatic carbocycles. The highest BCUT2D eigenvalue weighted by molar-refractivity contribution is 5.86. The molecule has 0 radical (unpaired) electrons. The number of fused-ring (bicyclic) bond motifs is 1. The fourth-order valence-corrected chi connectivity index (χ4v) is 4.24. The van der Waals surface area contributed by atoms with Crippen LogP contribution in [0, 0.1) is 12.8 Å². The van der Waals surface area contributed by atoms with Gasteiger partial charge in [0.15, 0.2) is 0 Å². The monoisotopic (exact) mass is 360 g/mol. The number of aromatic nitrogens is 1. The van der Waals surface area contributed by atoms with Crippen LogP contribution in [-0.4, -0.2) is 28.9 Å². The maximum atomic E-state index is 13.1. The number of aryl methyl sites for hydroxylation is 1. The van der Waals surface area contributed by atoms with Crippen LogP contribution in [0.2, 0.25) is 0 Å². The maximum absolute atomic E-state index is 13.1. The topological polar surface area (TPSA) is 36.1 Å². The lowest BCUT2D eigenvalue weighted by Gasteiger charge is -2.31. The third kappa shape index (κ3) is 3.78. The molecule has 3 aromatic rings. The summed E-state index contributed by atoms with van der Waals surface area (Å²) >= 11 is 0. The van der Waals surface area contributed by atoms with Crippen molar-refractivity contribution in [2.75, 3.05) is 13.1 Å². The van der Waals surface area contributed by atoms with Crippen LogP contribution < -0.4 is 0 Å². The van der Waals surface area contributed by atoms with Gasteiger partial charge < -0.3 is 9.88 Å². The lowest BCUT2D eigenvalue weighted by atomic mass is 9.86. The molecule has 1 aromatic heterocycles. The number of carbonyl (C=O) groups excluding carboxylic acids is 1. The molecule has 1 aliphatic heterocycles. The summed E-state index contributed by atoms with van der Waals surface area (Å²) in [6.45, 7) is 6.19. The van der Waals surface area contributed by atoms with Gasteiger partial charge in [-0.25, -0.2) is 0 Å². The van der Waals surface area contributed by atoms with Crippen molar-refractivity contribution in [2.24, 2.45) is 5.92 Å². The van der Waals surface area contributed by atoms with Crippen molar-refractivity contribution >= 4 is 16.8 Å². The summed E-state index contributed by atoms with van der Waals surface area (Å²) in [5, 5.41) is 1.21. The first kappa shape index (κ1) is 17.8. The summed E-state index contributed by atoms with van der Waals surface area (Å²) in [7, 11) is 0. The predicted octanol–water partition coefficient (Wildman–Crippen LogP) is 5.26. The minimum absolute atomic E-state index is 0.0768. The molecule has 2 aromatic carbocycles. The van der Waals surface area contributed by atoms with Gasteiger partial charge in [0.05, 0.1) is 0 Å². The molecule has 1 unspecified atom stereocenters. The fourth-order valence-electron chi connectivity index (χ4n) is 4.24. The minimum atomic E-state index is 0.0768. The second-order valence-electron chi connectivity index (χ2n) is 8.02. The highest BCUT2D eigenvalue weighted by Crippen LogP contribution is 2.34. The molecule has 0 spiro atoms. The third-order valence-corrected chi connectivity index (χ3v) is 5.96. The van der Waals surface area contributed by atoms with Gasteiger partial charge in [-0.3, -0.25) is 4.79 Å². The molecule has 0 bridgehead atoms. The second-order valence-corrected chi connectivity index (χ2v) is 8.02. The van der Waals surface area contributed by atoms with Crippen molar-refractivity contribution in [3.63, 3.8) is 0 Å². The van der Waals surface area contributed by atoms with E-state index < -0.39 is 0 Å². The molecule has 1 fully saturated rings. The van der Waals surface area contributed by atoms with Gasteiger partial charge in [0.25, 0.3) is 0 Å². The SMILES string of the molecule is Cc1cccc(C(CC(=O)N2CCC(C)CC2)c2c[nH]c3ccccc23)c1. The zero-order valence-electron chi connectivity index (χ0n) is 16.2. The first-order valence-electron chi connectivity index (χ1n) is 10.0. The number of hydrogen-bond acceptors (Lipinski definition) is 1. The molecule has 3 heteroatoms.